The van der Waals surface area contributed by atoms with Crippen LogP contribution in [0.25, 0.3) is 0 Å². The molecule has 0 fully saturated rings. The number of anilines is 1. The second-order valence-corrected chi connectivity index (χ2v) is 6.57. The van der Waals surface area contributed by atoms with Gasteiger partial charge in [-0.1, -0.05) is 60.7 Å². The lowest BCUT2D eigenvalue weighted by atomic mass is 9.92. The van der Waals surface area contributed by atoms with Crippen molar-refractivity contribution >= 4 is 11.5 Å². The van der Waals surface area contributed by atoms with Crippen LogP contribution in [0.1, 0.15) is 22.3 Å². The van der Waals surface area contributed by atoms with Crippen molar-refractivity contribution in [3.8, 4) is 5.75 Å². The van der Waals surface area contributed by atoms with Crippen molar-refractivity contribution in [2.45, 2.75) is 18.9 Å². The summed E-state index contributed by atoms with van der Waals surface area (Å²) in [6, 6.07) is 27.6. The van der Waals surface area contributed by atoms with E-state index >= 15 is 0 Å². The number of carbonyl (C=O) groups is 1. The molecule has 0 amide bonds. The third kappa shape index (κ3) is 3.93. The molecule has 1 atom stereocenters. The lowest BCUT2D eigenvalue weighted by Gasteiger charge is -2.28. The molecule has 3 heteroatoms. The number of nitrogens with one attached hydrogen (secondary N) is 1. The lowest BCUT2D eigenvalue weighted by Crippen LogP contribution is -2.31. The van der Waals surface area contributed by atoms with Gasteiger partial charge < -0.3 is 10.1 Å². The summed E-state index contributed by atoms with van der Waals surface area (Å²) in [5, 5.41) is 3.24. The van der Waals surface area contributed by atoms with E-state index in [0.717, 1.165) is 18.5 Å². The molecule has 3 nitrogen and oxygen atoms in total. The average Bonchev–Trinajstić information content (AvgIpc) is 2.73. The fourth-order valence-electron chi connectivity index (χ4n) is 3.29. The number of carbonyl (C=O) groups excluding carboxylic acids is 1. The highest BCUT2D eigenvalue weighted by molar-refractivity contribution is 6.12. The Morgan fingerprint density at radius 3 is 2.30 bits per heavy atom. The van der Waals surface area contributed by atoms with Crippen LogP contribution in [0.5, 0.6) is 5.75 Å². The van der Waals surface area contributed by atoms with Gasteiger partial charge in [0.05, 0.1) is 11.1 Å². The molecular weight excluding hydrogens is 334 g/mol. The molecule has 1 aliphatic rings. The first-order valence-corrected chi connectivity index (χ1v) is 9.17. The maximum absolute atomic E-state index is 13.1. The average molecular weight is 355 g/mol. The van der Waals surface area contributed by atoms with Crippen LogP contribution in [0.2, 0.25) is 0 Å². The van der Waals surface area contributed by atoms with Gasteiger partial charge in [-0.15, -0.1) is 0 Å². The van der Waals surface area contributed by atoms with Crippen LogP contribution in [-0.2, 0) is 6.42 Å². The molecule has 3 aromatic rings. The van der Waals surface area contributed by atoms with E-state index in [4.69, 9.17) is 4.74 Å². The summed E-state index contributed by atoms with van der Waals surface area (Å²) < 4.78 is 6.20. The third-order valence-electron chi connectivity index (χ3n) is 4.72. The molecule has 1 N–H and O–H groups in total. The third-order valence-corrected chi connectivity index (χ3v) is 4.72. The first kappa shape index (κ1) is 17.1. The zero-order valence-corrected chi connectivity index (χ0v) is 15.0. The SMILES string of the molecule is O=C1/C(=C\Nc2ccccc2)C(CCc2ccccc2)Oc2ccccc21. The van der Waals surface area contributed by atoms with E-state index in [-0.39, 0.29) is 11.9 Å². The van der Waals surface area contributed by atoms with Crippen molar-refractivity contribution in [2.24, 2.45) is 0 Å². The van der Waals surface area contributed by atoms with E-state index in [1.54, 1.807) is 6.20 Å². The fourth-order valence-corrected chi connectivity index (χ4v) is 3.29. The quantitative estimate of drug-likeness (QED) is 0.635. The first-order chi connectivity index (χ1) is 13.3. The van der Waals surface area contributed by atoms with Crippen LogP contribution in [0, 0.1) is 0 Å². The first-order valence-electron chi connectivity index (χ1n) is 9.17. The minimum atomic E-state index is -0.274. The van der Waals surface area contributed by atoms with Gasteiger partial charge in [-0.25, -0.2) is 0 Å². The van der Waals surface area contributed by atoms with Crippen LogP contribution in [0.4, 0.5) is 5.69 Å². The van der Waals surface area contributed by atoms with Crippen LogP contribution in [0.15, 0.2) is 96.7 Å². The van der Waals surface area contributed by atoms with Crippen molar-refractivity contribution in [3.05, 3.63) is 108 Å². The van der Waals surface area contributed by atoms with Crippen molar-refractivity contribution in [1.82, 2.24) is 0 Å². The topological polar surface area (TPSA) is 38.3 Å². The normalized spacial score (nSPS) is 17.3. The molecule has 0 aliphatic carbocycles. The molecule has 3 aromatic carbocycles. The summed E-state index contributed by atoms with van der Waals surface area (Å²) in [7, 11) is 0. The molecule has 0 radical (unpaired) electrons. The van der Waals surface area contributed by atoms with E-state index in [1.807, 2.05) is 72.8 Å². The Hall–Kier alpha value is -3.33. The van der Waals surface area contributed by atoms with Gasteiger partial charge in [0.15, 0.2) is 5.78 Å². The maximum Gasteiger partial charge on any atom is 0.197 e. The predicted molar refractivity (Wildman–Crippen MR) is 108 cm³/mol. The molecule has 1 unspecified atom stereocenters. The number of hydrogen-bond acceptors (Lipinski definition) is 3. The second-order valence-electron chi connectivity index (χ2n) is 6.57. The van der Waals surface area contributed by atoms with Gasteiger partial charge in [0.25, 0.3) is 0 Å². The molecule has 1 aliphatic heterocycles. The van der Waals surface area contributed by atoms with Crippen LogP contribution >= 0.6 is 0 Å². The zero-order valence-electron chi connectivity index (χ0n) is 15.0. The molecule has 4 rings (SSSR count). The minimum Gasteiger partial charge on any atom is -0.485 e. The molecule has 1 heterocycles. The van der Waals surface area contributed by atoms with Gasteiger partial charge in [-0.2, -0.15) is 0 Å². The number of aryl methyl sites for hydroxylation is 1. The van der Waals surface area contributed by atoms with Crippen molar-refractivity contribution in [2.75, 3.05) is 5.32 Å². The highest BCUT2D eigenvalue weighted by atomic mass is 16.5. The molecule has 0 saturated carbocycles. The van der Waals surface area contributed by atoms with Crippen molar-refractivity contribution < 1.29 is 9.53 Å². The summed E-state index contributed by atoms with van der Waals surface area (Å²) >= 11 is 0. The van der Waals surface area contributed by atoms with Gasteiger partial charge in [-0.3, -0.25) is 4.79 Å². The number of Topliss-reactive ketones (excluding diaryl/α,β-unsaturated/α-hetero) is 1. The number of ketones is 1. The smallest absolute Gasteiger partial charge is 0.197 e. The van der Waals surface area contributed by atoms with E-state index in [2.05, 4.69) is 17.4 Å². The van der Waals surface area contributed by atoms with E-state index in [9.17, 15) is 4.79 Å². The van der Waals surface area contributed by atoms with Gasteiger partial charge in [0.1, 0.15) is 11.9 Å². The summed E-state index contributed by atoms with van der Waals surface area (Å²) in [5.41, 5.74) is 3.46. The van der Waals surface area contributed by atoms with Gasteiger partial charge >= 0.3 is 0 Å². The van der Waals surface area contributed by atoms with Crippen molar-refractivity contribution in [3.63, 3.8) is 0 Å². The monoisotopic (exact) mass is 355 g/mol. The van der Waals surface area contributed by atoms with Crippen LogP contribution in [-0.4, -0.2) is 11.9 Å². The van der Waals surface area contributed by atoms with Crippen LogP contribution in [0.3, 0.4) is 0 Å². The highest BCUT2D eigenvalue weighted by Crippen LogP contribution is 2.32. The Bertz CT molecular complexity index is 948. The molecule has 0 saturated heterocycles. The van der Waals surface area contributed by atoms with Crippen molar-refractivity contribution in [1.29, 1.82) is 0 Å². The maximum atomic E-state index is 13.1. The Morgan fingerprint density at radius 1 is 0.852 bits per heavy atom. The summed E-state index contributed by atoms with van der Waals surface area (Å²) in [5.74, 6) is 0.691. The van der Waals surface area contributed by atoms with Gasteiger partial charge in [0.2, 0.25) is 0 Å². The summed E-state index contributed by atoms with van der Waals surface area (Å²) in [6.07, 6.45) is 3.11. The second kappa shape index (κ2) is 7.92. The number of hydrogen-bond donors (Lipinski definition) is 1. The van der Waals surface area contributed by atoms with Gasteiger partial charge in [-0.05, 0) is 42.7 Å². The highest BCUT2D eigenvalue weighted by Gasteiger charge is 2.31. The van der Waals surface area contributed by atoms with Crippen LogP contribution < -0.4 is 10.1 Å². The predicted octanol–water partition coefficient (Wildman–Crippen LogP) is 5.26. The minimum absolute atomic E-state index is 0.0262. The standard InChI is InChI=1S/C24H21NO2/c26-24-20-13-7-8-14-22(20)27-23(16-15-18-9-3-1-4-10-18)21(24)17-25-19-11-5-2-6-12-19/h1-14,17,23,25H,15-16H2/b21-17-. The van der Waals surface area contributed by atoms with E-state index < -0.39 is 0 Å². The fraction of sp³-hybridized carbons (Fsp3) is 0.125. The summed E-state index contributed by atoms with van der Waals surface area (Å²) in [4.78, 5) is 13.1. The number of ether oxygens (including phenoxy) is 1. The largest absolute Gasteiger partial charge is 0.485 e. The lowest BCUT2D eigenvalue weighted by molar-refractivity contribution is 0.0956. The van der Waals surface area contributed by atoms with E-state index in [0.29, 0.717) is 16.9 Å². The Balaban J connectivity index is 1.60. The molecule has 27 heavy (non-hydrogen) atoms. The van der Waals surface area contributed by atoms with E-state index in [1.165, 1.54) is 5.56 Å². The summed E-state index contributed by atoms with van der Waals surface area (Å²) in [6.45, 7) is 0. The Morgan fingerprint density at radius 2 is 1.52 bits per heavy atom. The molecule has 0 aromatic heterocycles. The molecule has 134 valence electrons. The number of para-hydroxylation sites is 2. The molecule has 0 bridgehead atoms. The molecule has 0 spiro atoms. The molecular formula is C24H21NO2. The zero-order chi connectivity index (χ0) is 18.5. The number of fused-ring (bicyclic) bond motifs is 1. The Kier molecular flexibility index (Phi) is 5.01. The number of benzene rings is 3. The van der Waals surface area contributed by atoms with Gasteiger partial charge in [0, 0.05) is 11.9 Å². The Labute approximate surface area is 159 Å². The number of rotatable bonds is 5.